The van der Waals surface area contributed by atoms with Crippen LogP contribution in [0.2, 0.25) is 0 Å². The van der Waals surface area contributed by atoms with Gasteiger partial charge in [-0.25, -0.2) is 0 Å². The highest BCUT2D eigenvalue weighted by Crippen LogP contribution is 2.52. The fraction of sp³-hybridized carbons (Fsp3) is 0.938. The molecule has 14 atom stereocenters. The highest BCUT2D eigenvalue weighted by atomic mass is 32.2. The van der Waals surface area contributed by atoms with E-state index in [4.69, 9.17) is 0 Å². The summed E-state index contributed by atoms with van der Waals surface area (Å²) >= 11 is 2.08. The average Bonchev–Trinajstić information content (AvgIpc) is 4.02. The van der Waals surface area contributed by atoms with Gasteiger partial charge in [-0.2, -0.15) is 11.8 Å². The maximum absolute atomic E-state index is 12.8. The van der Waals surface area contributed by atoms with Gasteiger partial charge in [-0.3, -0.25) is 19.2 Å². The van der Waals surface area contributed by atoms with Gasteiger partial charge in [0, 0.05) is 56.6 Å². The number of nitrogens with one attached hydrogen (secondary N) is 4. The fourth-order valence-electron chi connectivity index (χ4n) is 18.0. The zero-order valence-corrected chi connectivity index (χ0v) is 51.1. The Bertz CT molecular complexity index is 1840. The van der Waals surface area contributed by atoms with Crippen LogP contribution < -0.4 is 21.3 Å². The first kappa shape index (κ1) is 61.1. The van der Waals surface area contributed by atoms with Crippen molar-refractivity contribution in [2.24, 2.45) is 65.1 Å². The molecular weight excluding hydrogens is 977 g/mol. The molecule has 11 aliphatic rings. The largest absolute Gasteiger partial charge is 0.341 e. The van der Waals surface area contributed by atoms with E-state index in [-0.39, 0.29) is 29.7 Å². The second-order valence-corrected chi connectivity index (χ2v) is 29.2. The quantitative estimate of drug-likeness (QED) is 0.160. The van der Waals surface area contributed by atoms with E-state index in [0.29, 0.717) is 52.6 Å². The highest BCUT2D eigenvalue weighted by molar-refractivity contribution is 7.99. The molecule has 0 radical (unpaired) electrons. The van der Waals surface area contributed by atoms with Crippen LogP contribution in [0.3, 0.4) is 0 Å². The van der Waals surface area contributed by atoms with Crippen LogP contribution in [-0.4, -0.2) is 158 Å². The Kier molecular flexibility index (Phi) is 23.3. The molecule has 6 bridgehead atoms. The Balaban J connectivity index is 0.000000136. The molecule has 440 valence electrons. The molecule has 5 heterocycles. The number of likely N-dealkylation sites (tertiary alicyclic amines) is 4. The minimum Gasteiger partial charge on any atom is -0.341 e. The molecule has 77 heavy (non-hydrogen) atoms. The van der Waals surface area contributed by atoms with Gasteiger partial charge in [-0.1, -0.05) is 72.6 Å². The molecule has 6 aliphatic carbocycles. The number of amides is 4. The minimum atomic E-state index is 0.0262. The van der Waals surface area contributed by atoms with Gasteiger partial charge in [0.05, 0.1) is 24.2 Å². The van der Waals surface area contributed by atoms with E-state index in [1.165, 1.54) is 166 Å². The highest BCUT2D eigenvalue weighted by Gasteiger charge is 2.52. The Labute approximate surface area is 474 Å². The number of nitrogens with zero attached hydrogens (tertiary/aromatic N) is 4. The lowest BCUT2D eigenvalue weighted by atomic mass is 9.80. The monoisotopic (exact) mass is 1090 g/mol. The van der Waals surface area contributed by atoms with Crippen molar-refractivity contribution in [3.63, 3.8) is 0 Å². The Hall–Kier alpha value is -1.93. The maximum Gasteiger partial charge on any atom is 0.240 e. The number of hydrogen-bond acceptors (Lipinski definition) is 9. The Morgan fingerprint density at radius 3 is 1.44 bits per heavy atom. The van der Waals surface area contributed by atoms with E-state index in [0.717, 1.165) is 100 Å². The van der Waals surface area contributed by atoms with Gasteiger partial charge in [0.25, 0.3) is 0 Å². The molecule has 4 amide bonds. The third kappa shape index (κ3) is 15.6. The summed E-state index contributed by atoms with van der Waals surface area (Å²) in [7, 11) is 7.73. The fourth-order valence-corrected chi connectivity index (χ4v) is 19.3. The summed E-state index contributed by atoms with van der Waals surface area (Å²) in [6.07, 6.45) is 35.4. The topological polar surface area (TPSA) is 129 Å². The Morgan fingerprint density at radius 1 is 0.442 bits per heavy atom. The molecule has 5 saturated heterocycles. The van der Waals surface area contributed by atoms with Crippen LogP contribution in [0.1, 0.15) is 201 Å². The molecule has 5 aliphatic heterocycles. The summed E-state index contributed by atoms with van der Waals surface area (Å²) in [6.45, 7) is 15.8. The second kappa shape index (κ2) is 29.4. The number of thioether (sulfide) groups is 1. The molecule has 11 fully saturated rings. The average molecular weight is 1090 g/mol. The molecular formula is C64H114N8O4S. The van der Waals surface area contributed by atoms with Gasteiger partial charge in [0.15, 0.2) is 0 Å². The molecule has 0 aromatic rings. The summed E-state index contributed by atoms with van der Waals surface area (Å²) in [4.78, 5) is 59.6. The van der Waals surface area contributed by atoms with Crippen LogP contribution in [0.5, 0.6) is 0 Å². The molecule has 11 rings (SSSR count). The zero-order chi connectivity index (χ0) is 54.6. The van der Waals surface area contributed by atoms with Gasteiger partial charge in [0.1, 0.15) is 0 Å². The smallest absolute Gasteiger partial charge is 0.240 e. The maximum atomic E-state index is 12.8. The van der Waals surface area contributed by atoms with Crippen LogP contribution in [0.15, 0.2) is 0 Å². The lowest BCUT2D eigenvalue weighted by Gasteiger charge is -2.41. The van der Waals surface area contributed by atoms with E-state index in [2.05, 4.69) is 80.3 Å². The summed E-state index contributed by atoms with van der Waals surface area (Å²) in [6, 6.07) is 0.149. The van der Waals surface area contributed by atoms with Crippen molar-refractivity contribution >= 4 is 35.4 Å². The van der Waals surface area contributed by atoms with Crippen LogP contribution >= 0.6 is 11.8 Å². The molecule has 13 heteroatoms. The number of carbonyl (C=O) groups is 4. The standard InChI is InChI=1S/2C17H30N2O.C15H28N2OS.C15H26N2O/c1-12-5-4-8-19(17(20)16(12)18-2)11-15-10-13-6-3-7-14(15)9-13;1-12-4-3-7-19(17(20)16(12)18-2)11-15-9-13-5-6-14(8-13)10-15;1-12-7-6-9-17(15(18)14(12)16-2)11-13-8-4-3-5-10-19-13;1-11-4-3-9-17(14(18)13(11)16-2)15-7-5-12(10-15)6-8-15/h2*12-16,18H,3-11H2,1-2H3;12-14,16H,3-11H2,1-2H3;11-13,16H,3-10H2,1-2H3. The van der Waals surface area contributed by atoms with Crippen LogP contribution in [0.4, 0.5) is 0 Å². The van der Waals surface area contributed by atoms with Gasteiger partial charge >= 0.3 is 0 Å². The van der Waals surface area contributed by atoms with E-state index >= 15 is 0 Å². The number of carbonyl (C=O) groups excluding carboxylic acids is 4. The van der Waals surface area contributed by atoms with Crippen LogP contribution in [0, 0.1) is 65.1 Å². The third-order valence-electron chi connectivity index (χ3n) is 22.4. The SMILES string of the molecule is CNC1C(=O)N(C23CCC(CC2)C3)CCCC1C.CNC1C(=O)N(CC2CC3CCC(C3)C2)CCCC1C.CNC1C(=O)N(CC2CC3CCCC2C3)CCCC1C.CNC1C(=O)N(CC2CCCCCS2)CCCC1C. The molecule has 6 saturated carbocycles. The van der Waals surface area contributed by atoms with Crippen molar-refractivity contribution in [2.75, 3.05) is 79.8 Å². The molecule has 14 unspecified atom stereocenters. The number of likely N-dealkylation sites (N-methyl/N-ethyl adjacent to an activating group) is 4. The van der Waals surface area contributed by atoms with E-state index in [9.17, 15) is 19.2 Å². The second-order valence-electron chi connectivity index (χ2n) is 27.8. The normalized spacial score (nSPS) is 40.5. The van der Waals surface area contributed by atoms with Crippen molar-refractivity contribution in [3.8, 4) is 0 Å². The van der Waals surface area contributed by atoms with Crippen molar-refractivity contribution in [3.05, 3.63) is 0 Å². The first-order valence-electron chi connectivity index (χ1n) is 32.7. The minimum absolute atomic E-state index is 0.0262. The molecule has 12 nitrogen and oxygen atoms in total. The zero-order valence-electron chi connectivity index (χ0n) is 50.3. The van der Waals surface area contributed by atoms with Gasteiger partial charge < -0.3 is 40.9 Å². The summed E-state index contributed by atoms with van der Waals surface area (Å²) < 4.78 is 0. The predicted molar refractivity (Wildman–Crippen MR) is 318 cm³/mol. The summed E-state index contributed by atoms with van der Waals surface area (Å²) in [5.41, 5.74) is 0.251. The molecule has 0 aromatic carbocycles. The van der Waals surface area contributed by atoms with E-state index < -0.39 is 0 Å². The van der Waals surface area contributed by atoms with Crippen molar-refractivity contribution in [2.45, 2.75) is 236 Å². The van der Waals surface area contributed by atoms with Gasteiger partial charge in [-0.15, -0.1) is 0 Å². The molecule has 0 aromatic heterocycles. The number of hydrogen-bond donors (Lipinski definition) is 4. The van der Waals surface area contributed by atoms with Crippen molar-refractivity contribution in [1.29, 1.82) is 0 Å². The molecule has 0 spiro atoms. The Morgan fingerprint density at radius 2 is 0.935 bits per heavy atom. The third-order valence-corrected chi connectivity index (χ3v) is 23.7. The van der Waals surface area contributed by atoms with Gasteiger partial charge in [-0.05, 0) is 227 Å². The lowest BCUT2D eigenvalue weighted by Crippen LogP contribution is -2.55. The first-order valence-corrected chi connectivity index (χ1v) is 33.8. The number of fused-ring (bicyclic) bond motifs is 6. The van der Waals surface area contributed by atoms with E-state index in [1.807, 2.05) is 28.2 Å². The predicted octanol–water partition coefficient (Wildman–Crippen LogP) is 9.99. The van der Waals surface area contributed by atoms with Crippen molar-refractivity contribution < 1.29 is 19.2 Å². The van der Waals surface area contributed by atoms with Crippen molar-refractivity contribution in [1.82, 2.24) is 40.9 Å². The summed E-state index contributed by atoms with van der Waals surface area (Å²) in [5, 5.41) is 13.7. The van der Waals surface area contributed by atoms with E-state index in [1.54, 1.807) is 0 Å². The first-order chi connectivity index (χ1) is 37.2. The molecule has 4 N–H and O–H groups in total. The summed E-state index contributed by atoms with van der Waals surface area (Å²) in [5.74, 6) is 10.9. The van der Waals surface area contributed by atoms with Crippen LogP contribution in [0.25, 0.3) is 0 Å². The van der Waals surface area contributed by atoms with Crippen LogP contribution in [-0.2, 0) is 19.2 Å². The lowest BCUT2D eigenvalue weighted by molar-refractivity contribution is -0.140. The number of rotatable bonds is 11. The van der Waals surface area contributed by atoms with Gasteiger partial charge in [0.2, 0.25) is 23.6 Å².